The number of likely N-dealkylation sites (tertiary alicyclic amines) is 1. The van der Waals surface area contributed by atoms with Gasteiger partial charge in [0.25, 0.3) is 11.7 Å². The highest BCUT2D eigenvalue weighted by atomic mass is 16.5. The lowest BCUT2D eigenvalue weighted by Crippen LogP contribution is -2.35. The molecule has 1 saturated heterocycles. The summed E-state index contributed by atoms with van der Waals surface area (Å²) < 4.78 is 5.68. The molecule has 1 aliphatic heterocycles. The van der Waals surface area contributed by atoms with Crippen molar-refractivity contribution in [2.24, 2.45) is 0 Å². The van der Waals surface area contributed by atoms with Gasteiger partial charge in [-0.1, -0.05) is 45.0 Å². The summed E-state index contributed by atoms with van der Waals surface area (Å²) in [6.07, 6.45) is 0.0255. The van der Waals surface area contributed by atoms with Crippen molar-refractivity contribution < 1.29 is 19.4 Å². The van der Waals surface area contributed by atoms with Gasteiger partial charge in [0.15, 0.2) is 0 Å². The normalized spacial score (nSPS) is 18.3. The van der Waals surface area contributed by atoms with Crippen molar-refractivity contribution >= 4 is 17.4 Å². The van der Waals surface area contributed by atoms with Gasteiger partial charge >= 0.3 is 0 Å². The van der Waals surface area contributed by atoms with Crippen LogP contribution in [0.4, 0.5) is 0 Å². The zero-order valence-corrected chi connectivity index (χ0v) is 21.3. The molecular weight excluding hydrogens is 428 g/mol. The fourth-order valence-corrected chi connectivity index (χ4v) is 4.05. The zero-order chi connectivity index (χ0) is 25.2. The number of rotatable bonds is 7. The Morgan fingerprint density at radius 3 is 2.12 bits per heavy atom. The molecule has 0 spiro atoms. The molecule has 1 fully saturated rings. The third kappa shape index (κ3) is 5.50. The predicted molar refractivity (Wildman–Crippen MR) is 135 cm³/mol. The summed E-state index contributed by atoms with van der Waals surface area (Å²) in [6.45, 7) is 11.3. The molecule has 1 aliphatic rings. The summed E-state index contributed by atoms with van der Waals surface area (Å²) in [5.41, 5.74) is 2.52. The van der Waals surface area contributed by atoms with Crippen LogP contribution in [0.3, 0.4) is 0 Å². The first-order chi connectivity index (χ1) is 15.9. The van der Waals surface area contributed by atoms with E-state index in [9.17, 15) is 14.7 Å². The quantitative estimate of drug-likeness (QED) is 0.364. The average molecular weight is 465 g/mol. The summed E-state index contributed by atoms with van der Waals surface area (Å²) >= 11 is 0. The van der Waals surface area contributed by atoms with Crippen molar-refractivity contribution in [1.82, 2.24) is 9.80 Å². The van der Waals surface area contributed by atoms with E-state index in [-0.39, 0.29) is 22.9 Å². The third-order valence-corrected chi connectivity index (χ3v) is 5.92. The topological polar surface area (TPSA) is 70.1 Å². The van der Waals surface area contributed by atoms with Crippen LogP contribution in [0.5, 0.6) is 5.75 Å². The Morgan fingerprint density at radius 2 is 1.62 bits per heavy atom. The largest absolute Gasteiger partial charge is 0.507 e. The van der Waals surface area contributed by atoms with Crippen molar-refractivity contribution in [2.45, 2.75) is 52.2 Å². The predicted octanol–water partition coefficient (Wildman–Crippen LogP) is 4.75. The molecule has 1 N–H and O–H groups in total. The van der Waals surface area contributed by atoms with E-state index in [0.717, 1.165) is 11.1 Å². The number of carbonyl (C=O) groups is 2. The number of likely N-dealkylation sites (N-methyl/N-ethyl adjacent to an activating group) is 1. The van der Waals surface area contributed by atoms with Crippen LogP contribution in [-0.2, 0) is 15.0 Å². The zero-order valence-electron chi connectivity index (χ0n) is 21.3. The Kier molecular flexibility index (Phi) is 7.51. The minimum atomic E-state index is -0.663. The molecule has 1 amide bonds. The van der Waals surface area contributed by atoms with Crippen LogP contribution in [0.2, 0.25) is 0 Å². The molecule has 0 saturated carbocycles. The van der Waals surface area contributed by atoms with Crippen LogP contribution in [0.15, 0.2) is 54.1 Å². The summed E-state index contributed by atoms with van der Waals surface area (Å²) in [4.78, 5) is 29.7. The highest BCUT2D eigenvalue weighted by molar-refractivity contribution is 6.46. The van der Waals surface area contributed by atoms with E-state index in [4.69, 9.17) is 4.74 Å². The Balaban J connectivity index is 2.08. The second-order valence-corrected chi connectivity index (χ2v) is 10.4. The number of ether oxygens (including phenoxy) is 1. The minimum Gasteiger partial charge on any atom is -0.507 e. The second-order valence-electron chi connectivity index (χ2n) is 10.4. The van der Waals surface area contributed by atoms with Crippen LogP contribution < -0.4 is 4.74 Å². The number of carbonyl (C=O) groups excluding carboxylic acids is 2. The molecule has 2 aromatic carbocycles. The van der Waals surface area contributed by atoms with Crippen LogP contribution in [0.25, 0.3) is 5.76 Å². The lowest BCUT2D eigenvalue weighted by molar-refractivity contribution is -0.140. The van der Waals surface area contributed by atoms with E-state index in [2.05, 4.69) is 20.8 Å². The molecule has 6 heteroatoms. The highest BCUT2D eigenvalue weighted by Gasteiger charge is 2.45. The van der Waals surface area contributed by atoms with Crippen molar-refractivity contribution in [1.29, 1.82) is 0 Å². The number of Topliss-reactive ketones (excluding diaryl/α,β-unsaturated/α-hetero) is 1. The Morgan fingerprint density at radius 1 is 1.03 bits per heavy atom. The summed E-state index contributed by atoms with van der Waals surface area (Å²) in [7, 11) is 3.84. The molecule has 0 aromatic heterocycles. The average Bonchev–Trinajstić information content (AvgIpc) is 3.01. The molecule has 1 heterocycles. The molecule has 3 rings (SSSR count). The molecule has 0 bridgehead atoms. The summed E-state index contributed by atoms with van der Waals surface area (Å²) in [6, 6.07) is 14.2. The van der Waals surface area contributed by atoms with Gasteiger partial charge in [0, 0.05) is 18.7 Å². The molecule has 0 radical (unpaired) electrons. The molecule has 0 unspecified atom stereocenters. The maximum Gasteiger partial charge on any atom is 0.295 e. The van der Waals surface area contributed by atoms with Crippen molar-refractivity contribution in [2.75, 3.05) is 27.2 Å². The smallest absolute Gasteiger partial charge is 0.295 e. The maximum absolute atomic E-state index is 13.2. The maximum atomic E-state index is 13.2. The molecular formula is C28H36N2O4. The molecule has 1 atom stereocenters. The van der Waals surface area contributed by atoms with Gasteiger partial charge in [-0.25, -0.2) is 0 Å². The van der Waals surface area contributed by atoms with E-state index in [1.807, 2.05) is 57.1 Å². The van der Waals surface area contributed by atoms with Crippen LogP contribution >= 0.6 is 0 Å². The van der Waals surface area contributed by atoms with E-state index in [0.29, 0.717) is 24.4 Å². The van der Waals surface area contributed by atoms with E-state index < -0.39 is 17.7 Å². The van der Waals surface area contributed by atoms with Gasteiger partial charge < -0.3 is 19.6 Å². The first kappa shape index (κ1) is 25.5. The summed E-state index contributed by atoms with van der Waals surface area (Å²) in [5.74, 6) is -0.754. The number of hydrogen-bond donors (Lipinski definition) is 1. The first-order valence-corrected chi connectivity index (χ1v) is 11.7. The van der Waals surface area contributed by atoms with Gasteiger partial charge in [-0.3, -0.25) is 9.59 Å². The lowest BCUT2D eigenvalue weighted by Gasteiger charge is -2.27. The van der Waals surface area contributed by atoms with Gasteiger partial charge in [0.2, 0.25) is 0 Å². The number of amides is 1. The van der Waals surface area contributed by atoms with E-state index in [1.54, 1.807) is 29.2 Å². The summed E-state index contributed by atoms with van der Waals surface area (Å²) in [5, 5.41) is 11.2. The molecule has 0 aliphatic carbocycles. The van der Waals surface area contributed by atoms with Gasteiger partial charge in [-0.2, -0.15) is 0 Å². The second kappa shape index (κ2) is 10.0. The van der Waals surface area contributed by atoms with Gasteiger partial charge in [0.05, 0.1) is 17.7 Å². The highest BCUT2D eigenvalue weighted by Crippen LogP contribution is 2.40. The van der Waals surface area contributed by atoms with Gasteiger partial charge in [-0.05, 0) is 68.8 Å². The van der Waals surface area contributed by atoms with E-state index >= 15 is 0 Å². The number of hydrogen-bond acceptors (Lipinski definition) is 5. The standard InChI is InChI=1S/C28H36N2O4/c1-18(2)34-22-14-10-20(11-15-22)25(31)23-24(19-8-12-21(13-9-19)28(3,4)5)30(17-16-29(6)7)27(33)26(23)32/h8-15,18,24,31H,16-17H2,1-7H3/t24-/m0/s1. The van der Waals surface area contributed by atoms with Crippen molar-refractivity contribution in [3.8, 4) is 5.75 Å². The molecule has 6 nitrogen and oxygen atoms in total. The van der Waals surface area contributed by atoms with Crippen molar-refractivity contribution in [3.63, 3.8) is 0 Å². The monoisotopic (exact) mass is 464 g/mol. The molecule has 2 aromatic rings. The number of ketones is 1. The third-order valence-electron chi connectivity index (χ3n) is 5.92. The van der Waals surface area contributed by atoms with Crippen molar-refractivity contribution in [3.05, 3.63) is 70.8 Å². The van der Waals surface area contributed by atoms with Crippen LogP contribution in [-0.4, -0.2) is 59.9 Å². The van der Waals surface area contributed by atoms with Crippen LogP contribution in [0, 0.1) is 0 Å². The van der Waals surface area contributed by atoms with Gasteiger partial charge in [0.1, 0.15) is 11.5 Å². The number of benzene rings is 2. The molecule has 34 heavy (non-hydrogen) atoms. The SMILES string of the molecule is CC(C)Oc1ccc(C(O)=C2C(=O)C(=O)N(CCN(C)C)[C@H]2c2ccc(C(C)(C)C)cc2)cc1. The fraction of sp³-hybridized carbons (Fsp3) is 0.429. The first-order valence-electron chi connectivity index (χ1n) is 11.7. The Hall–Kier alpha value is -3.12. The minimum absolute atomic E-state index is 0.0228. The van der Waals surface area contributed by atoms with E-state index in [1.165, 1.54) is 0 Å². The number of aliphatic hydroxyl groups excluding tert-OH is 1. The van der Waals surface area contributed by atoms with Crippen LogP contribution in [0.1, 0.15) is 57.4 Å². The molecule has 182 valence electrons. The van der Waals surface area contributed by atoms with Gasteiger partial charge in [-0.15, -0.1) is 0 Å². The lowest BCUT2D eigenvalue weighted by atomic mass is 9.85. The Labute approximate surface area is 202 Å². The number of nitrogens with zero attached hydrogens (tertiary/aromatic N) is 2. The fourth-order valence-electron chi connectivity index (χ4n) is 4.05. The Bertz CT molecular complexity index is 1060. The number of aliphatic hydroxyl groups is 1.